The number of H-pyrrole nitrogens is 1. The van der Waals surface area contributed by atoms with E-state index in [1.807, 2.05) is 0 Å². The van der Waals surface area contributed by atoms with Crippen LogP contribution in [0.4, 0.5) is 0 Å². The summed E-state index contributed by atoms with van der Waals surface area (Å²) < 4.78 is 0. The van der Waals surface area contributed by atoms with Gasteiger partial charge in [-0.1, -0.05) is 0 Å². The van der Waals surface area contributed by atoms with Crippen LogP contribution in [0, 0.1) is 0 Å². The molecule has 1 aromatic heterocycles. The van der Waals surface area contributed by atoms with E-state index in [9.17, 15) is 24.3 Å². The van der Waals surface area contributed by atoms with Crippen molar-refractivity contribution in [1.82, 2.24) is 20.6 Å². The van der Waals surface area contributed by atoms with Gasteiger partial charge in [0.15, 0.2) is 0 Å². The monoisotopic (exact) mass is 357 g/mol. The number of rotatable bonds is 10. The van der Waals surface area contributed by atoms with Gasteiger partial charge in [0.25, 0.3) is 0 Å². The molecule has 0 bridgehead atoms. The number of nitrogens with one attached hydrogen (secondary N) is 3. The van der Waals surface area contributed by atoms with Crippen LogP contribution in [0.25, 0.3) is 0 Å². The van der Waals surface area contributed by atoms with Gasteiger partial charge in [0.1, 0.15) is 12.1 Å². The summed E-state index contributed by atoms with van der Waals surface area (Å²) in [5.74, 6) is -4.55. The lowest BCUT2D eigenvalue weighted by molar-refractivity contribution is -0.143. The fourth-order valence-electron chi connectivity index (χ4n) is 1.84. The van der Waals surface area contributed by atoms with E-state index in [2.05, 4.69) is 20.6 Å². The number of amides is 2. The van der Waals surface area contributed by atoms with Gasteiger partial charge in [0.05, 0.1) is 25.4 Å². The standard InChI is InChI=1S/C13H19N5O7/c14-7(2-10(20)21)11(22)18-9(4-19)12(23)17-8(13(24)25)1-6-3-15-5-16-6/h3,5,7-9,19H,1-2,4,14H2,(H,15,16)(H,17,23)(H,18,22)(H,20,21)(H,24,25). The van der Waals surface area contributed by atoms with E-state index in [0.717, 1.165) is 0 Å². The van der Waals surface area contributed by atoms with E-state index >= 15 is 0 Å². The Morgan fingerprint density at radius 2 is 1.80 bits per heavy atom. The molecule has 3 atom stereocenters. The van der Waals surface area contributed by atoms with Gasteiger partial charge < -0.3 is 36.7 Å². The highest BCUT2D eigenvalue weighted by molar-refractivity contribution is 5.93. The van der Waals surface area contributed by atoms with Crippen molar-refractivity contribution in [3.63, 3.8) is 0 Å². The van der Waals surface area contributed by atoms with Gasteiger partial charge >= 0.3 is 11.9 Å². The quantitative estimate of drug-likeness (QED) is 0.224. The number of imidazole rings is 1. The summed E-state index contributed by atoms with van der Waals surface area (Å²) in [6.07, 6.45) is 1.98. The predicted octanol–water partition coefficient (Wildman–Crippen LogP) is -3.20. The summed E-state index contributed by atoms with van der Waals surface area (Å²) in [6, 6.07) is -4.22. The van der Waals surface area contributed by atoms with Gasteiger partial charge in [-0.3, -0.25) is 14.4 Å². The maximum atomic E-state index is 12.1. The molecule has 0 aliphatic heterocycles. The van der Waals surface area contributed by atoms with Crippen LogP contribution >= 0.6 is 0 Å². The highest BCUT2D eigenvalue weighted by Crippen LogP contribution is 2.00. The van der Waals surface area contributed by atoms with Gasteiger partial charge in [-0.2, -0.15) is 0 Å². The summed E-state index contributed by atoms with van der Waals surface area (Å²) in [5, 5.41) is 31.2. The number of carboxylic acids is 2. The second-order valence-corrected chi connectivity index (χ2v) is 5.13. The lowest BCUT2D eigenvalue weighted by Crippen LogP contribution is -2.56. The van der Waals surface area contributed by atoms with Crippen molar-refractivity contribution >= 4 is 23.8 Å². The molecule has 0 spiro atoms. The molecule has 138 valence electrons. The molecule has 0 fully saturated rings. The number of nitrogens with zero attached hydrogens (tertiary/aromatic N) is 1. The molecular weight excluding hydrogens is 338 g/mol. The SMILES string of the molecule is NC(CC(=O)O)C(=O)NC(CO)C(=O)NC(Cc1cnc[nH]1)C(=O)O. The number of carbonyl (C=O) groups is 4. The van der Waals surface area contributed by atoms with Crippen LogP contribution in [0.15, 0.2) is 12.5 Å². The Kier molecular flexibility index (Phi) is 7.49. The van der Waals surface area contributed by atoms with E-state index in [4.69, 9.17) is 15.9 Å². The second kappa shape index (κ2) is 9.34. The molecule has 1 rings (SSSR count). The zero-order chi connectivity index (χ0) is 19.0. The van der Waals surface area contributed by atoms with E-state index in [-0.39, 0.29) is 6.42 Å². The summed E-state index contributed by atoms with van der Waals surface area (Å²) in [6.45, 7) is -0.826. The number of aliphatic hydroxyl groups is 1. The topological polar surface area (TPSA) is 208 Å². The Balaban J connectivity index is 2.68. The van der Waals surface area contributed by atoms with Crippen molar-refractivity contribution < 1.29 is 34.5 Å². The molecule has 0 saturated carbocycles. The molecule has 25 heavy (non-hydrogen) atoms. The Hall–Kier alpha value is -2.99. The van der Waals surface area contributed by atoms with Crippen molar-refractivity contribution in [1.29, 1.82) is 0 Å². The van der Waals surface area contributed by atoms with Crippen molar-refractivity contribution in [3.8, 4) is 0 Å². The first-order valence-corrected chi connectivity index (χ1v) is 7.13. The minimum atomic E-state index is -1.48. The Labute approximate surface area is 141 Å². The van der Waals surface area contributed by atoms with Gasteiger partial charge in [-0.05, 0) is 0 Å². The summed E-state index contributed by atoms with van der Waals surface area (Å²) in [4.78, 5) is 51.9. The Morgan fingerprint density at radius 3 is 2.28 bits per heavy atom. The number of carbonyl (C=O) groups excluding carboxylic acids is 2. The van der Waals surface area contributed by atoms with Crippen molar-refractivity contribution in [2.24, 2.45) is 5.73 Å². The normalized spacial score (nSPS) is 14.2. The third-order valence-electron chi connectivity index (χ3n) is 3.14. The third-order valence-corrected chi connectivity index (χ3v) is 3.14. The highest BCUT2D eigenvalue weighted by Gasteiger charge is 2.28. The summed E-state index contributed by atoms with van der Waals surface area (Å²) in [7, 11) is 0. The zero-order valence-corrected chi connectivity index (χ0v) is 13.0. The first-order chi connectivity index (χ1) is 11.7. The molecule has 8 N–H and O–H groups in total. The smallest absolute Gasteiger partial charge is 0.326 e. The van der Waals surface area contributed by atoms with Crippen molar-refractivity contribution in [2.75, 3.05) is 6.61 Å². The number of aliphatic carboxylic acids is 2. The second-order valence-electron chi connectivity index (χ2n) is 5.13. The number of aromatic nitrogens is 2. The van der Waals surface area contributed by atoms with Gasteiger partial charge in [0.2, 0.25) is 11.8 Å². The molecule has 12 nitrogen and oxygen atoms in total. The fourth-order valence-corrected chi connectivity index (χ4v) is 1.84. The maximum absolute atomic E-state index is 12.1. The number of hydrogen-bond donors (Lipinski definition) is 7. The molecule has 2 amide bonds. The number of nitrogens with two attached hydrogens (primary N) is 1. The highest BCUT2D eigenvalue weighted by atomic mass is 16.4. The first-order valence-electron chi connectivity index (χ1n) is 7.13. The largest absolute Gasteiger partial charge is 0.481 e. The van der Waals surface area contributed by atoms with E-state index < -0.39 is 54.9 Å². The van der Waals surface area contributed by atoms with Crippen LogP contribution in [0.3, 0.4) is 0 Å². The average Bonchev–Trinajstić information content (AvgIpc) is 3.03. The number of aliphatic hydroxyl groups excluding tert-OH is 1. The van der Waals surface area contributed by atoms with Gasteiger partial charge in [-0.25, -0.2) is 9.78 Å². The van der Waals surface area contributed by atoms with Crippen LogP contribution in [-0.4, -0.2) is 73.8 Å². The lowest BCUT2D eigenvalue weighted by atomic mass is 10.1. The molecule has 0 radical (unpaired) electrons. The summed E-state index contributed by atoms with van der Waals surface area (Å²) >= 11 is 0. The van der Waals surface area contributed by atoms with Gasteiger partial charge in [0, 0.05) is 18.3 Å². The van der Waals surface area contributed by atoms with E-state index in [0.29, 0.717) is 5.69 Å². The molecule has 0 saturated heterocycles. The molecular formula is C13H19N5O7. The molecule has 3 unspecified atom stereocenters. The molecule has 0 aliphatic carbocycles. The van der Waals surface area contributed by atoms with Crippen LogP contribution in [-0.2, 0) is 25.6 Å². The Morgan fingerprint density at radius 1 is 1.16 bits per heavy atom. The third kappa shape index (κ3) is 6.56. The predicted molar refractivity (Wildman–Crippen MR) is 81.1 cm³/mol. The minimum absolute atomic E-state index is 0.0916. The maximum Gasteiger partial charge on any atom is 0.326 e. The average molecular weight is 357 g/mol. The van der Waals surface area contributed by atoms with Crippen LogP contribution in [0.1, 0.15) is 12.1 Å². The number of carboxylic acid groups (broad SMARTS) is 2. The van der Waals surface area contributed by atoms with E-state index in [1.165, 1.54) is 12.5 Å². The summed E-state index contributed by atoms with van der Waals surface area (Å²) in [5.41, 5.74) is 5.81. The number of aromatic amines is 1. The first kappa shape index (κ1) is 20.1. The Bertz CT molecular complexity index is 618. The molecule has 0 aliphatic rings. The molecule has 1 aromatic rings. The lowest BCUT2D eigenvalue weighted by Gasteiger charge is -2.21. The molecule has 1 heterocycles. The van der Waals surface area contributed by atoms with Crippen LogP contribution in [0.5, 0.6) is 0 Å². The molecule has 0 aromatic carbocycles. The zero-order valence-electron chi connectivity index (χ0n) is 13.0. The van der Waals surface area contributed by atoms with E-state index in [1.54, 1.807) is 0 Å². The fraction of sp³-hybridized carbons (Fsp3) is 0.462. The van der Waals surface area contributed by atoms with Gasteiger partial charge in [-0.15, -0.1) is 0 Å². The molecule has 12 heteroatoms. The van der Waals surface area contributed by atoms with Crippen molar-refractivity contribution in [3.05, 3.63) is 18.2 Å². The van der Waals surface area contributed by atoms with Crippen molar-refractivity contribution in [2.45, 2.75) is 31.0 Å². The number of hydrogen-bond acceptors (Lipinski definition) is 7. The minimum Gasteiger partial charge on any atom is -0.481 e. The van der Waals surface area contributed by atoms with Crippen LogP contribution in [0.2, 0.25) is 0 Å². The van der Waals surface area contributed by atoms with Crippen LogP contribution < -0.4 is 16.4 Å².